The fraction of sp³-hybridized carbons (Fsp3) is 0.364. The molecule has 28 heavy (non-hydrogen) atoms. The van der Waals surface area contributed by atoms with Gasteiger partial charge in [-0.2, -0.15) is 0 Å². The number of nitrogens with zero attached hydrogens (tertiary/aromatic N) is 1. The van der Waals surface area contributed by atoms with Gasteiger partial charge in [-0.25, -0.2) is 9.59 Å². The molecule has 3 rings (SSSR count). The Morgan fingerprint density at radius 3 is 1.86 bits per heavy atom. The van der Waals surface area contributed by atoms with Crippen molar-refractivity contribution < 1.29 is 24.5 Å². The van der Waals surface area contributed by atoms with Crippen LogP contribution in [0.1, 0.15) is 25.7 Å². The Morgan fingerprint density at radius 2 is 1.32 bits per heavy atom. The number of benzene rings is 2. The monoisotopic (exact) mass is 385 g/mol. The van der Waals surface area contributed by atoms with E-state index in [4.69, 9.17) is 24.5 Å². The van der Waals surface area contributed by atoms with Crippen molar-refractivity contribution in [1.82, 2.24) is 4.90 Å². The van der Waals surface area contributed by atoms with Crippen molar-refractivity contribution in [1.29, 1.82) is 0 Å². The third-order valence-electron chi connectivity index (χ3n) is 4.52. The van der Waals surface area contributed by atoms with E-state index < -0.39 is 11.9 Å². The minimum absolute atomic E-state index is 0.782. The molecular formula is C22H27NO5. The maximum Gasteiger partial charge on any atom is 0.414 e. The molecule has 0 spiro atoms. The zero-order valence-electron chi connectivity index (χ0n) is 15.9. The molecule has 0 unspecified atom stereocenters. The number of carboxylic acid groups (broad SMARTS) is 2. The summed E-state index contributed by atoms with van der Waals surface area (Å²) in [6.45, 7) is 4.29. The van der Waals surface area contributed by atoms with Crippen molar-refractivity contribution in [2.45, 2.75) is 25.7 Å². The highest BCUT2D eigenvalue weighted by Crippen LogP contribution is 2.22. The molecule has 2 aromatic carbocycles. The Kier molecular flexibility index (Phi) is 9.01. The number of hydrogen-bond acceptors (Lipinski definition) is 4. The lowest BCUT2D eigenvalue weighted by molar-refractivity contribution is -0.159. The minimum Gasteiger partial charge on any atom is -0.492 e. The molecule has 0 radical (unpaired) electrons. The summed E-state index contributed by atoms with van der Waals surface area (Å²) in [6.07, 6.45) is 5.45. The Balaban J connectivity index is 0.000000409. The highest BCUT2D eigenvalue weighted by Gasteiger charge is 2.08. The van der Waals surface area contributed by atoms with Crippen molar-refractivity contribution in [3.63, 3.8) is 0 Å². The molecule has 1 saturated heterocycles. The van der Waals surface area contributed by atoms with Gasteiger partial charge in [-0.05, 0) is 49.2 Å². The van der Waals surface area contributed by atoms with E-state index in [-0.39, 0.29) is 0 Å². The molecule has 0 atom stereocenters. The van der Waals surface area contributed by atoms with Crippen LogP contribution in [0.15, 0.2) is 54.6 Å². The van der Waals surface area contributed by atoms with Gasteiger partial charge in [0.05, 0.1) is 0 Å². The molecule has 0 aromatic heterocycles. The van der Waals surface area contributed by atoms with Gasteiger partial charge in [-0.3, -0.25) is 4.90 Å². The molecule has 0 amide bonds. The predicted molar refractivity (Wildman–Crippen MR) is 108 cm³/mol. The lowest BCUT2D eigenvalue weighted by atomic mass is 10.1. The second kappa shape index (κ2) is 11.8. The zero-order chi connectivity index (χ0) is 20.2. The summed E-state index contributed by atoms with van der Waals surface area (Å²) >= 11 is 0. The molecule has 1 fully saturated rings. The zero-order valence-corrected chi connectivity index (χ0v) is 15.9. The fourth-order valence-corrected chi connectivity index (χ4v) is 3.03. The summed E-state index contributed by atoms with van der Waals surface area (Å²) in [6, 6.07) is 18.9. The van der Waals surface area contributed by atoms with E-state index in [1.807, 2.05) is 6.07 Å². The second-order valence-electron chi connectivity index (χ2n) is 6.61. The van der Waals surface area contributed by atoms with Gasteiger partial charge < -0.3 is 14.9 Å². The first-order valence-corrected chi connectivity index (χ1v) is 9.53. The fourth-order valence-electron chi connectivity index (χ4n) is 3.03. The van der Waals surface area contributed by atoms with E-state index in [0.717, 1.165) is 18.9 Å². The highest BCUT2D eigenvalue weighted by atomic mass is 16.5. The largest absolute Gasteiger partial charge is 0.492 e. The van der Waals surface area contributed by atoms with Crippen molar-refractivity contribution in [2.75, 3.05) is 26.2 Å². The minimum atomic E-state index is -1.82. The number of rotatable bonds is 5. The molecule has 150 valence electrons. The van der Waals surface area contributed by atoms with Gasteiger partial charge in [0.25, 0.3) is 0 Å². The highest BCUT2D eigenvalue weighted by molar-refractivity contribution is 6.27. The normalized spacial score (nSPS) is 14.3. The molecule has 1 aliphatic rings. The first kappa shape index (κ1) is 21.4. The number of hydrogen-bond donors (Lipinski definition) is 2. The van der Waals surface area contributed by atoms with Crippen LogP contribution in [0, 0.1) is 0 Å². The Bertz CT molecular complexity index is 710. The summed E-state index contributed by atoms with van der Waals surface area (Å²) in [5, 5.41) is 14.8. The lowest BCUT2D eigenvalue weighted by Crippen LogP contribution is -2.29. The first-order valence-electron chi connectivity index (χ1n) is 9.53. The van der Waals surface area contributed by atoms with Crippen LogP contribution < -0.4 is 4.74 Å². The van der Waals surface area contributed by atoms with Crippen LogP contribution in [0.5, 0.6) is 5.75 Å². The average Bonchev–Trinajstić information content (AvgIpc) is 2.98. The summed E-state index contributed by atoms with van der Waals surface area (Å²) in [4.78, 5) is 20.7. The average molecular weight is 385 g/mol. The summed E-state index contributed by atoms with van der Waals surface area (Å²) in [7, 11) is 0. The molecule has 6 heteroatoms. The van der Waals surface area contributed by atoms with Gasteiger partial charge in [0.15, 0.2) is 0 Å². The smallest absolute Gasteiger partial charge is 0.414 e. The van der Waals surface area contributed by atoms with E-state index in [1.54, 1.807) is 0 Å². The van der Waals surface area contributed by atoms with Crippen molar-refractivity contribution >= 4 is 11.9 Å². The van der Waals surface area contributed by atoms with Gasteiger partial charge in [0.2, 0.25) is 0 Å². The van der Waals surface area contributed by atoms with Crippen LogP contribution in [-0.2, 0) is 9.59 Å². The maximum atomic E-state index is 9.10. The maximum absolute atomic E-state index is 9.10. The number of carbonyl (C=O) groups is 2. The number of ether oxygens (including phenoxy) is 1. The van der Waals surface area contributed by atoms with E-state index in [9.17, 15) is 0 Å². The van der Waals surface area contributed by atoms with Crippen LogP contribution in [-0.4, -0.2) is 53.3 Å². The Labute approximate surface area is 165 Å². The Hall–Kier alpha value is -2.86. The summed E-state index contributed by atoms with van der Waals surface area (Å²) in [5.74, 6) is -2.68. The number of likely N-dealkylation sites (tertiary alicyclic amines) is 1. The molecule has 2 aromatic rings. The van der Waals surface area contributed by atoms with Gasteiger partial charge in [0, 0.05) is 6.54 Å². The molecule has 0 saturated carbocycles. The van der Waals surface area contributed by atoms with E-state index in [0.29, 0.717) is 0 Å². The van der Waals surface area contributed by atoms with Crippen LogP contribution in [0.3, 0.4) is 0 Å². The Morgan fingerprint density at radius 1 is 0.786 bits per heavy atom. The molecule has 6 nitrogen and oxygen atoms in total. The van der Waals surface area contributed by atoms with Crippen molar-refractivity contribution in [3.8, 4) is 16.9 Å². The SMILES string of the molecule is O=C(O)C(=O)O.c1ccc(-c2ccc(OCCN3CCCCCC3)cc2)cc1. The van der Waals surface area contributed by atoms with E-state index >= 15 is 0 Å². The van der Waals surface area contributed by atoms with Crippen LogP contribution in [0.2, 0.25) is 0 Å². The predicted octanol–water partition coefficient (Wildman–Crippen LogP) is 3.76. The van der Waals surface area contributed by atoms with E-state index in [2.05, 4.69) is 53.4 Å². The van der Waals surface area contributed by atoms with Crippen LogP contribution >= 0.6 is 0 Å². The summed E-state index contributed by atoms with van der Waals surface area (Å²) < 4.78 is 5.90. The summed E-state index contributed by atoms with van der Waals surface area (Å²) in [5.41, 5.74) is 2.49. The topological polar surface area (TPSA) is 87.1 Å². The quantitative estimate of drug-likeness (QED) is 0.762. The molecule has 0 aliphatic carbocycles. The molecular weight excluding hydrogens is 358 g/mol. The van der Waals surface area contributed by atoms with Gasteiger partial charge >= 0.3 is 11.9 Å². The van der Waals surface area contributed by atoms with Crippen molar-refractivity contribution in [3.05, 3.63) is 54.6 Å². The number of aliphatic carboxylic acids is 2. The first-order chi connectivity index (χ1) is 13.6. The van der Waals surface area contributed by atoms with Gasteiger partial charge in [0.1, 0.15) is 12.4 Å². The van der Waals surface area contributed by atoms with Crippen molar-refractivity contribution in [2.24, 2.45) is 0 Å². The molecule has 2 N–H and O–H groups in total. The standard InChI is InChI=1S/C20H25NO.C2H2O4/c1-2-7-15-21(14-6-1)16-17-22-20-12-10-19(11-13-20)18-8-4-3-5-9-18;3-1(4)2(5)6/h3-5,8-13H,1-2,6-7,14-17H2;(H,3,4)(H,5,6). The van der Waals surface area contributed by atoms with Gasteiger partial charge in [-0.15, -0.1) is 0 Å². The molecule has 0 bridgehead atoms. The van der Waals surface area contributed by atoms with Crippen LogP contribution in [0.4, 0.5) is 0 Å². The molecule has 1 heterocycles. The van der Waals surface area contributed by atoms with E-state index in [1.165, 1.54) is 49.9 Å². The second-order valence-corrected chi connectivity index (χ2v) is 6.61. The number of carboxylic acids is 2. The molecule has 1 aliphatic heterocycles. The third kappa shape index (κ3) is 7.80. The lowest BCUT2D eigenvalue weighted by Gasteiger charge is -2.19. The third-order valence-corrected chi connectivity index (χ3v) is 4.52. The van der Waals surface area contributed by atoms with Crippen LogP contribution in [0.25, 0.3) is 11.1 Å². The van der Waals surface area contributed by atoms with Gasteiger partial charge in [-0.1, -0.05) is 55.3 Å².